The molecule has 13 heteroatoms. The van der Waals surface area contributed by atoms with E-state index in [1.54, 1.807) is 60.7 Å². The summed E-state index contributed by atoms with van der Waals surface area (Å²) in [4.78, 5) is 40.3. The minimum Gasteiger partial charge on any atom is -0.321 e. The van der Waals surface area contributed by atoms with E-state index >= 15 is 0 Å². The Morgan fingerprint density at radius 2 is 1.33 bits per heavy atom. The molecular formula is C36H23ClF5N3O3S. The van der Waals surface area contributed by atoms with Gasteiger partial charge in [0.2, 0.25) is 5.91 Å². The van der Waals surface area contributed by atoms with E-state index in [4.69, 9.17) is 11.6 Å². The van der Waals surface area contributed by atoms with Crippen molar-refractivity contribution in [3.05, 3.63) is 166 Å². The van der Waals surface area contributed by atoms with Crippen molar-refractivity contribution in [2.24, 2.45) is 0 Å². The van der Waals surface area contributed by atoms with E-state index in [9.17, 15) is 36.3 Å². The average Bonchev–Trinajstić information content (AvgIpc) is 3.10. The SMILES string of the molecule is O=C(Nc1cccc(SC(C(=O)Nc2c(F)c(F)cc(F)c2F)c2ccccc2)c1)/C(=C\c1c(F)cccc1Cl)NC(=O)c1ccccc1. The molecule has 49 heavy (non-hydrogen) atoms. The van der Waals surface area contributed by atoms with Crippen LogP contribution in [0.5, 0.6) is 0 Å². The van der Waals surface area contributed by atoms with Crippen LogP contribution in [-0.4, -0.2) is 17.7 Å². The normalized spacial score (nSPS) is 11.8. The standard InChI is InChI=1S/C36H23ClF5N3O3S/c37-25-15-8-16-26(38)24(25)18-29(44-34(46)21-11-5-2-6-12-21)35(47)43-22-13-7-14-23(17-22)49-33(20-9-3-1-4-10-20)36(48)45-32-30(41)27(39)19-28(40)31(32)42/h1-19,33H,(H,43,47)(H,44,46)(H,45,48)/b29-18+. The molecule has 0 heterocycles. The Kier molecular flexibility index (Phi) is 11.1. The summed E-state index contributed by atoms with van der Waals surface area (Å²) < 4.78 is 71.1. The highest BCUT2D eigenvalue weighted by atomic mass is 35.5. The highest BCUT2D eigenvalue weighted by Gasteiger charge is 2.27. The Morgan fingerprint density at radius 3 is 1.98 bits per heavy atom. The van der Waals surface area contributed by atoms with Crippen molar-refractivity contribution >= 4 is 58.5 Å². The summed E-state index contributed by atoms with van der Waals surface area (Å²) >= 11 is 7.08. The summed E-state index contributed by atoms with van der Waals surface area (Å²) in [5.74, 6) is -10.1. The largest absolute Gasteiger partial charge is 0.321 e. The van der Waals surface area contributed by atoms with Crippen LogP contribution >= 0.6 is 23.4 Å². The van der Waals surface area contributed by atoms with Crippen LogP contribution in [0.15, 0.2) is 120 Å². The Morgan fingerprint density at radius 1 is 0.694 bits per heavy atom. The minimum atomic E-state index is -1.77. The summed E-state index contributed by atoms with van der Waals surface area (Å²) in [6.07, 6.45) is 1.09. The van der Waals surface area contributed by atoms with Crippen LogP contribution in [0.3, 0.4) is 0 Å². The van der Waals surface area contributed by atoms with Crippen LogP contribution in [0.4, 0.5) is 33.3 Å². The van der Waals surface area contributed by atoms with Gasteiger partial charge in [-0.1, -0.05) is 72.3 Å². The number of thioether (sulfide) groups is 1. The third-order valence-corrected chi connectivity index (χ3v) is 8.44. The fourth-order valence-corrected chi connectivity index (χ4v) is 5.79. The maximum atomic E-state index is 14.7. The monoisotopic (exact) mass is 707 g/mol. The van der Waals surface area contributed by atoms with Gasteiger partial charge in [-0.05, 0) is 54.1 Å². The zero-order valence-electron chi connectivity index (χ0n) is 24.9. The van der Waals surface area contributed by atoms with Crippen LogP contribution in [-0.2, 0) is 9.59 Å². The van der Waals surface area contributed by atoms with Crippen molar-refractivity contribution in [3.8, 4) is 0 Å². The smallest absolute Gasteiger partial charge is 0.272 e. The Labute approximate surface area is 286 Å². The van der Waals surface area contributed by atoms with E-state index in [1.165, 1.54) is 36.4 Å². The van der Waals surface area contributed by atoms with Gasteiger partial charge >= 0.3 is 0 Å². The molecule has 0 saturated carbocycles. The summed E-state index contributed by atoms with van der Waals surface area (Å²) in [5.41, 5.74) is -0.970. The first-order chi connectivity index (χ1) is 23.5. The van der Waals surface area contributed by atoms with Crippen LogP contribution < -0.4 is 16.0 Å². The number of hydrogen-bond donors (Lipinski definition) is 3. The van der Waals surface area contributed by atoms with Gasteiger partial charge in [0.25, 0.3) is 11.8 Å². The first kappa shape index (κ1) is 34.9. The molecule has 5 rings (SSSR count). The van der Waals surface area contributed by atoms with Crippen LogP contribution in [0.25, 0.3) is 6.08 Å². The number of carbonyl (C=O) groups is 3. The number of benzene rings is 5. The average molecular weight is 708 g/mol. The lowest BCUT2D eigenvalue weighted by Gasteiger charge is -2.18. The van der Waals surface area contributed by atoms with Crippen molar-refractivity contribution < 1.29 is 36.3 Å². The van der Waals surface area contributed by atoms with E-state index in [-0.39, 0.29) is 33.6 Å². The van der Waals surface area contributed by atoms with Gasteiger partial charge < -0.3 is 16.0 Å². The Hall–Kier alpha value is -5.46. The van der Waals surface area contributed by atoms with Gasteiger partial charge in [-0.25, -0.2) is 22.0 Å². The summed E-state index contributed by atoms with van der Waals surface area (Å²) in [5, 5.41) is 5.87. The first-order valence-electron chi connectivity index (χ1n) is 14.3. The van der Waals surface area contributed by atoms with Gasteiger partial charge in [0, 0.05) is 27.8 Å². The fraction of sp³-hybridized carbons (Fsp3) is 0.0278. The van der Waals surface area contributed by atoms with Gasteiger partial charge in [0.1, 0.15) is 22.5 Å². The molecule has 0 bridgehead atoms. The van der Waals surface area contributed by atoms with E-state index < -0.39 is 57.7 Å². The summed E-state index contributed by atoms with van der Waals surface area (Å²) in [6.45, 7) is 0. The highest BCUT2D eigenvalue weighted by Crippen LogP contribution is 2.38. The molecule has 5 aromatic rings. The number of nitrogens with one attached hydrogen (secondary N) is 3. The first-order valence-corrected chi connectivity index (χ1v) is 15.6. The molecule has 5 aromatic carbocycles. The van der Waals surface area contributed by atoms with Gasteiger partial charge in [-0.15, -0.1) is 11.8 Å². The third-order valence-electron chi connectivity index (χ3n) is 6.86. The number of rotatable bonds is 10. The number of amides is 3. The van der Waals surface area contributed by atoms with Gasteiger partial charge in [0.15, 0.2) is 23.3 Å². The molecule has 0 aliphatic heterocycles. The number of hydrogen-bond acceptors (Lipinski definition) is 4. The lowest BCUT2D eigenvalue weighted by molar-refractivity contribution is -0.116. The van der Waals surface area contributed by atoms with Gasteiger partial charge in [-0.2, -0.15) is 0 Å². The van der Waals surface area contributed by atoms with Gasteiger partial charge in [-0.3, -0.25) is 14.4 Å². The zero-order chi connectivity index (χ0) is 35.1. The molecule has 0 aliphatic carbocycles. The van der Waals surface area contributed by atoms with Gasteiger partial charge in [0.05, 0.1) is 5.02 Å². The maximum absolute atomic E-state index is 14.7. The van der Waals surface area contributed by atoms with E-state index in [1.807, 2.05) is 5.32 Å². The molecule has 0 saturated heterocycles. The molecule has 0 spiro atoms. The molecule has 248 valence electrons. The topological polar surface area (TPSA) is 87.3 Å². The molecular weight excluding hydrogens is 685 g/mol. The second-order valence-electron chi connectivity index (χ2n) is 10.2. The van der Waals surface area contributed by atoms with E-state index in [2.05, 4.69) is 10.6 Å². The molecule has 0 fully saturated rings. The lowest BCUT2D eigenvalue weighted by atomic mass is 10.1. The number of carbonyl (C=O) groups excluding carboxylic acids is 3. The summed E-state index contributed by atoms with van der Waals surface area (Å²) in [6, 6.07) is 26.1. The predicted octanol–water partition coefficient (Wildman–Crippen LogP) is 8.92. The van der Waals surface area contributed by atoms with E-state index in [0.717, 1.165) is 23.9 Å². The highest BCUT2D eigenvalue weighted by molar-refractivity contribution is 8.00. The molecule has 1 atom stereocenters. The number of halogens is 6. The second-order valence-corrected chi connectivity index (χ2v) is 11.8. The lowest BCUT2D eigenvalue weighted by Crippen LogP contribution is -2.30. The molecule has 0 aliphatic rings. The zero-order valence-corrected chi connectivity index (χ0v) is 26.5. The summed E-state index contributed by atoms with van der Waals surface area (Å²) in [7, 11) is 0. The minimum absolute atomic E-state index is 0.0105. The quantitative estimate of drug-likeness (QED) is 0.0586. The van der Waals surface area contributed by atoms with Crippen molar-refractivity contribution in [3.63, 3.8) is 0 Å². The fourth-order valence-electron chi connectivity index (χ4n) is 4.49. The van der Waals surface area contributed by atoms with Crippen molar-refractivity contribution in [1.29, 1.82) is 0 Å². The van der Waals surface area contributed by atoms with Crippen LogP contribution in [0.1, 0.15) is 26.7 Å². The molecule has 0 aromatic heterocycles. The third kappa shape index (κ3) is 8.53. The number of anilines is 2. The molecule has 1 unspecified atom stereocenters. The van der Waals surface area contributed by atoms with Crippen molar-refractivity contribution in [2.45, 2.75) is 10.1 Å². The Bertz CT molecular complexity index is 2020. The van der Waals surface area contributed by atoms with Crippen LogP contribution in [0, 0.1) is 29.1 Å². The van der Waals surface area contributed by atoms with Crippen molar-refractivity contribution in [1.82, 2.24) is 5.32 Å². The molecule has 3 amide bonds. The maximum Gasteiger partial charge on any atom is 0.272 e. The molecule has 0 radical (unpaired) electrons. The second kappa shape index (κ2) is 15.6. The predicted molar refractivity (Wildman–Crippen MR) is 178 cm³/mol. The molecule has 6 nitrogen and oxygen atoms in total. The Balaban J connectivity index is 1.42. The molecule has 3 N–H and O–H groups in total. The van der Waals surface area contributed by atoms with Crippen molar-refractivity contribution in [2.75, 3.05) is 10.6 Å². The van der Waals surface area contributed by atoms with Crippen LogP contribution in [0.2, 0.25) is 5.02 Å². The van der Waals surface area contributed by atoms with E-state index in [0.29, 0.717) is 10.5 Å².